The van der Waals surface area contributed by atoms with Crippen LogP contribution < -0.4 is 19.5 Å². The molecule has 2 heterocycles. The van der Waals surface area contributed by atoms with Crippen LogP contribution >= 0.6 is 11.8 Å². The van der Waals surface area contributed by atoms with E-state index >= 15 is 0 Å². The molecule has 0 spiro atoms. The molecule has 35 heavy (non-hydrogen) atoms. The zero-order chi connectivity index (χ0) is 24.2. The average molecular weight is 490 g/mol. The molecule has 5 rings (SSSR count). The first-order valence-corrected chi connectivity index (χ1v) is 11.9. The monoisotopic (exact) mass is 489 g/mol. The number of benzene rings is 3. The van der Waals surface area contributed by atoms with Crippen molar-refractivity contribution in [2.24, 2.45) is 4.99 Å². The summed E-state index contributed by atoms with van der Waals surface area (Å²) in [5.74, 6) is 1.44. The van der Waals surface area contributed by atoms with E-state index in [-0.39, 0.29) is 25.0 Å². The van der Waals surface area contributed by atoms with Crippen molar-refractivity contribution < 1.29 is 23.8 Å². The van der Waals surface area contributed by atoms with E-state index in [1.54, 1.807) is 24.1 Å². The number of amidine groups is 1. The molecule has 0 radical (unpaired) electrons. The Bertz CT molecular complexity index is 1280. The van der Waals surface area contributed by atoms with E-state index in [9.17, 15) is 9.59 Å². The van der Waals surface area contributed by atoms with Crippen LogP contribution in [-0.2, 0) is 16.1 Å². The molecule has 0 bridgehead atoms. The second-order valence-electron chi connectivity index (χ2n) is 7.90. The van der Waals surface area contributed by atoms with E-state index in [2.05, 4.69) is 5.32 Å². The lowest BCUT2D eigenvalue weighted by Crippen LogP contribution is -2.33. The quantitative estimate of drug-likeness (QED) is 0.522. The van der Waals surface area contributed by atoms with Gasteiger partial charge in [-0.25, -0.2) is 4.99 Å². The Morgan fingerprint density at radius 1 is 1.09 bits per heavy atom. The van der Waals surface area contributed by atoms with Gasteiger partial charge in [-0.2, -0.15) is 0 Å². The minimum absolute atomic E-state index is 0.00694. The maximum absolute atomic E-state index is 13.4. The summed E-state index contributed by atoms with van der Waals surface area (Å²) in [4.78, 5) is 32.6. The van der Waals surface area contributed by atoms with Crippen LogP contribution in [0.4, 0.5) is 11.4 Å². The van der Waals surface area contributed by atoms with Gasteiger partial charge in [-0.15, -0.1) is 0 Å². The number of aliphatic imine (C=N–C) groups is 1. The summed E-state index contributed by atoms with van der Waals surface area (Å²) >= 11 is 1.29. The fraction of sp³-hybridized carbons (Fsp3) is 0.192. The van der Waals surface area contributed by atoms with Gasteiger partial charge in [-0.1, -0.05) is 48.2 Å². The van der Waals surface area contributed by atoms with E-state index in [0.717, 1.165) is 11.3 Å². The number of nitrogens with one attached hydrogen (secondary N) is 1. The number of ether oxygens (including phenoxy) is 3. The van der Waals surface area contributed by atoms with Gasteiger partial charge in [0.05, 0.1) is 25.0 Å². The van der Waals surface area contributed by atoms with E-state index in [4.69, 9.17) is 19.2 Å². The van der Waals surface area contributed by atoms with Crippen molar-refractivity contribution in [3.63, 3.8) is 0 Å². The van der Waals surface area contributed by atoms with Crippen molar-refractivity contribution >= 4 is 40.1 Å². The van der Waals surface area contributed by atoms with Crippen molar-refractivity contribution in [2.75, 3.05) is 19.2 Å². The van der Waals surface area contributed by atoms with Gasteiger partial charge in [0, 0.05) is 6.42 Å². The molecule has 8 nitrogen and oxygen atoms in total. The molecule has 0 aromatic heterocycles. The van der Waals surface area contributed by atoms with E-state index in [0.29, 0.717) is 34.6 Å². The normalized spacial score (nSPS) is 17.6. The second kappa shape index (κ2) is 10.1. The molecule has 0 saturated carbocycles. The van der Waals surface area contributed by atoms with Crippen molar-refractivity contribution in [3.05, 3.63) is 78.4 Å². The number of nitrogens with zero attached hydrogens (tertiary/aromatic N) is 2. The third-order valence-corrected chi connectivity index (χ3v) is 6.71. The van der Waals surface area contributed by atoms with Crippen molar-refractivity contribution in [3.8, 4) is 17.2 Å². The highest BCUT2D eigenvalue weighted by atomic mass is 32.2. The van der Waals surface area contributed by atoms with Gasteiger partial charge >= 0.3 is 0 Å². The molecule has 0 aliphatic carbocycles. The number of carbonyl (C=O) groups is 2. The standard InChI is InChI=1S/C26H23N3O5S/c1-32-20-10-6-5-9-19(20)28-24(30)14-23-25(31)29(26(35-23)27-18-7-3-2-4-8-18)15-17-11-12-21-22(13-17)34-16-33-21/h2-13,23H,14-16H2,1H3,(H,28,30)/t23-/m1/s1. The molecule has 1 N–H and O–H groups in total. The Morgan fingerprint density at radius 3 is 2.69 bits per heavy atom. The lowest BCUT2D eigenvalue weighted by atomic mass is 10.1. The molecular weight excluding hydrogens is 466 g/mol. The number of carbonyl (C=O) groups excluding carboxylic acids is 2. The maximum Gasteiger partial charge on any atom is 0.242 e. The number of thioether (sulfide) groups is 1. The predicted octanol–water partition coefficient (Wildman–Crippen LogP) is 4.58. The van der Waals surface area contributed by atoms with Gasteiger partial charge in [-0.3, -0.25) is 14.5 Å². The van der Waals surface area contributed by atoms with Crippen LogP contribution in [0.5, 0.6) is 17.2 Å². The van der Waals surface area contributed by atoms with E-state index < -0.39 is 5.25 Å². The average Bonchev–Trinajstić information content (AvgIpc) is 3.45. The van der Waals surface area contributed by atoms with Crippen molar-refractivity contribution in [1.82, 2.24) is 4.90 Å². The van der Waals surface area contributed by atoms with E-state index in [1.807, 2.05) is 60.7 Å². The van der Waals surface area contributed by atoms with Crippen LogP contribution in [0.15, 0.2) is 77.8 Å². The number of hydrogen-bond donors (Lipinski definition) is 1. The Labute approximate surface area is 206 Å². The number of fused-ring (bicyclic) bond motifs is 1. The first-order chi connectivity index (χ1) is 17.1. The summed E-state index contributed by atoms with van der Waals surface area (Å²) < 4.78 is 16.2. The van der Waals surface area contributed by atoms with Gasteiger partial charge in [0.2, 0.25) is 18.6 Å². The van der Waals surface area contributed by atoms with Gasteiger partial charge in [0.1, 0.15) is 11.0 Å². The summed E-state index contributed by atoms with van der Waals surface area (Å²) in [6.45, 7) is 0.486. The summed E-state index contributed by atoms with van der Waals surface area (Å²) in [6, 6.07) is 22.2. The topological polar surface area (TPSA) is 89.5 Å². The summed E-state index contributed by atoms with van der Waals surface area (Å²) in [7, 11) is 1.54. The van der Waals surface area contributed by atoms with E-state index in [1.165, 1.54) is 11.8 Å². The van der Waals surface area contributed by atoms with Gasteiger partial charge < -0.3 is 19.5 Å². The molecular formula is C26H23N3O5S. The predicted molar refractivity (Wildman–Crippen MR) is 134 cm³/mol. The number of methoxy groups -OCH3 is 1. The number of rotatable bonds is 7. The lowest BCUT2D eigenvalue weighted by Gasteiger charge is -2.17. The van der Waals surface area contributed by atoms with Gasteiger partial charge in [0.15, 0.2) is 16.7 Å². The highest BCUT2D eigenvalue weighted by Gasteiger charge is 2.39. The molecule has 3 aromatic carbocycles. The van der Waals surface area contributed by atoms with Crippen molar-refractivity contribution in [2.45, 2.75) is 18.2 Å². The Balaban J connectivity index is 1.36. The Kier molecular flexibility index (Phi) is 6.58. The highest BCUT2D eigenvalue weighted by Crippen LogP contribution is 2.36. The number of amides is 2. The smallest absolute Gasteiger partial charge is 0.242 e. The molecule has 2 amide bonds. The Hall–Kier alpha value is -3.98. The van der Waals surface area contributed by atoms with Crippen LogP contribution in [0.2, 0.25) is 0 Å². The van der Waals surface area contributed by atoms with Crippen LogP contribution in [-0.4, -0.2) is 41.0 Å². The largest absolute Gasteiger partial charge is 0.495 e. The third kappa shape index (κ3) is 5.09. The molecule has 1 saturated heterocycles. The first-order valence-electron chi connectivity index (χ1n) is 11.0. The first kappa shape index (κ1) is 22.8. The molecule has 178 valence electrons. The summed E-state index contributed by atoms with van der Waals surface area (Å²) in [5, 5.41) is 2.80. The van der Waals surface area contributed by atoms with Crippen LogP contribution in [0, 0.1) is 0 Å². The van der Waals surface area contributed by atoms with Crippen LogP contribution in [0.3, 0.4) is 0 Å². The fourth-order valence-corrected chi connectivity index (χ4v) is 4.98. The summed E-state index contributed by atoms with van der Waals surface area (Å²) in [5.41, 5.74) is 2.17. The lowest BCUT2D eigenvalue weighted by molar-refractivity contribution is -0.128. The molecule has 1 fully saturated rings. The number of para-hydroxylation sites is 3. The van der Waals surface area contributed by atoms with Gasteiger partial charge in [-0.05, 0) is 42.0 Å². The maximum atomic E-state index is 13.4. The SMILES string of the molecule is COc1ccccc1NC(=O)C[C@H]1SC(=Nc2ccccc2)N(Cc2ccc3c(c2)OCO3)C1=O. The molecule has 3 aromatic rings. The Morgan fingerprint density at radius 2 is 1.86 bits per heavy atom. The number of hydrogen-bond acceptors (Lipinski definition) is 7. The molecule has 0 unspecified atom stereocenters. The highest BCUT2D eigenvalue weighted by molar-refractivity contribution is 8.15. The number of anilines is 1. The minimum atomic E-state index is -0.596. The van der Waals surface area contributed by atoms with Crippen molar-refractivity contribution in [1.29, 1.82) is 0 Å². The molecule has 2 aliphatic heterocycles. The molecule has 9 heteroatoms. The van der Waals surface area contributed by atoms with Crippen LogP contribution in [0.25, 0.3) is 0 Å². The zero-order valence-electron chi connectivity index (χ0n) is 19.0. The molecule has 1 atom stereocenters. The summed E-state index contributed by atoms with van der Waals surface area (Å²) in [6.07, 6.45) is 0.00694. The minimum Gasteiger partial charge on any atom is -0.495 e. The zero-order valence-corrected chi connectivity index (χ0v) is 19.8. The second-order valence-corrected chi connectivity index (χ2v) is 9.07. The van der Waals surface area contributed by atoms with Gasteiger partial charge in [0.25, 0.3) is 0 Å². The molecule has 2 aliphatic rings. The third-order valence-electron chi connectivity index (χ3n) is 5.53. The fourth-order valence-electron chi connectivity index (χ4n) is 3.82. The van der Waals surface area contributed by atoms with Crippen LogP contribution in [0.1, 0.15) is 12.0 Å².